The second kappa shape index (κ2) is 7.23. The first kappa shape index (κ1) is 17.4. The molecule has 0 aliphatic rings. The number of nitrogens with one attached hydrogen (secondary N) is 1. The van der Waals surface area contributed by atoms with Gasteiger partial charge in [0.25, 0.3) is 0 Å². The summed E-state index contributed by atoms with van der Waals surface area (Å²) < 4.78 is 5.13. The highest BCUT2D eigenvalue weighted by Gasteiger charge is 2.17. The Kier molecular flexibility index (Phi) is 4.84. The quantitative estimate of drug-likeness (QED) is 0.712. The SMILES string of the molecule is CCOC(=O)c1cnc2ccc(C)cc2c1Nc1ccc(C(=O)[O-])cc1. The van der Waals surface area contributed by atoms with Crippen LogP contribution in [0.3, 0.4) is 0 Å². The lowest BCUT2D eigenvalue weighted by molar-refractivity contribution is -0.255. The molecule has 0 spiro atoms. The summed E-state index contributed by atoms with van der Waals surface area (Å²) >= 11 is 0. The number of esters is 1. The van der Waals surface area contributed by atoms with Crippen LogP contribution >= 0.6 is 0 Å². The van der Waals surface area contributed by atoms with E-state index in [-0.39, 0.29) is 12.2 Å². The summed E-state index contributed by atoms with van der Waals surface area (Å²) in [6.45, 7) is 3.95. The van der Waals surface area contributed by atoms with E-state index >= 15 is 0 Å². The van der Waals surface area contributed by atoms with Crippen LogP contribution in [0.15, 0.2) is 48.7 Å². The number of anilines is 2. The molecule has 1 heterocycles. The maximum absolute atomic E-state index is 12.3. The zero-order valence-electron chi connectivity index (χ0n) is 14.4. The number of fused-ring (bicyclic) bond motifs is 1. The molecule has 26 heavy (non-hydrogen) atoms. The summed E-state index contributed by atoms with van der Waals surface area (Å²) in [7, 11) is 0. The maximum atomic E-state index is 12.3. The van der Waals surface area contributed by atoms with Crippen molar-refractivity contribution in [3.63, 3.8) is 0 Å². The molecular formula is C20H17N2O4-. The van der Waals surface area contributed by atoms with Crippen LogP contribution in [0.2, 0.25) is 0 Å². The van der Waals surface area contributed by atoms with Crippen LogP contribution < -0.4 is 10.4 Å². The van der Waals surface area contributed by atoms with E-state index in [9.17, 15) is 14.7 Å². The van der Waals surface area contributed by atoms with Gasteiger partial charge in [0.2, 0.25) is 0 Å². The van der Waals surface area contributed by atoms with Crippen molar-refractivity contribution >= 4 is 34.2 Å². The van der Waals surface area contributed by atoms with E-state index in [0.29, 0.717) is 16.9 Å². The molecule has 1 aromatic heterocycles. The number of aromatic nitrogens is 1. The topological polar surface area (TPSA) is 91.3 Å². The van der Waals surface area contributed by atoms with Crippen LogP contribution in [-0.2, 0) is 4.74 Å². The van der Waals surface area contributed by atoms with E-state index in [1.54, 1.807) is 19.1 Å². The molecule has 0 atom stereocenters. The Balaban J connectivity index is 2.11. The van der Waals surface area contributed by atoms with Crippen molar-refractivity contribution in [1.29, 1.82) is 0 Å². The number of nitrogens with zero attached hydrogens (tertiary/aromatic N) is 1. The molecular weight excluding hydrogens is 332 g/mol. The predicted molar refractivity (Wildman–Crippen MR) is 96.5 cm³/mol. The van der Waals surface area contributed by atoms with Gasteiger partial charge in [0.05, 0.1) is 23.8 Å². The number of rotatable bonds is 5. The van der Waals surface area contributed by atoms with Gasteiger partial charge in [-0.3, -0.25) is 4.98 Å². The molecule has 0 radical (unpaired) electrons. The smallest absolute Gasteiger partial charge is 0.341 e. The van der Waals surface area contributed by atoms with Gasteiger partial charge in [0.1, 0.15) is 5.56 Å². The van der Waals surface area contributed by atoms with Gasteiger partial charge in [0, 0.05) is 17.3 Å². The number of carbonyl (C=O) groups excluding carboxylic acids is 2. The minimum absolute atomic E-state index is 0.0802. The number of carboxylic acid groups (broad SMARTS) is 1. The molecule has 0 fully saturated rings. The van der Waals surface area contributed by atoms with Crippen molar-refractivity contribution in [2.45, 2.75) is 13.8 Å². The number of aryl methyl sites for hydroxylation is 1. The Morgan fingerprint density at radius 3 is 2.54 bits per heavy atom. The van der Waals surface area contributed by atoms with Crippen LogP contribution in [0, 0.1) is 6.92 Å². The Labute approximate surface area is 150 Å². The number of pyridine rings is 1. The second-order valence-electron chi connectivity index (χ2n) is 5.78. The van der Waals surface area contributed by atoms with Crippen molar-refractivity contribution in [1.82, 2.24) is 4.98 Å². The molecule has 0 saturated heterocycles. The summed E-state index contributed by atoms with van der Waals surface area (Å²) in [6.07, 6.45) is 1.48. The monoisotopic (exact) mass is 349 g/mol. The van der Waals surface area contributed by atoms with E-state index in [2.05, 4.69) is 10.3 Å². The van der Waals surface area contributed by atoms with E-state index < -0.39 is 11.9 Å². The molecule has 0 amide bonds. The van der Waals surface area contributed by atoms with Crippen LogP contribution in [0.4, 0.5) is 11.4 Å². The first-order chi connectivity index (χ1) is 12.5. The van der Waals surface area contributed by atoms with Gasteiger partial charge in [-0.2, -0.15) is 0 Å². The van der Waals surface area contributed by atoms with Crippen molar-refractivity contribution in [2.24, 2.45) is 0 Å². The zero-order chi connectivity index (χ0) is 18.7. The fraction of sp³-hybridized carbons (Fsp3) is 0.150. The van der Waals surface area contributed by atoms with Crippen LogP contribution in [-0.4, -0.2) is 23.5 Å². The number of ether oxygens (including phenoxy) is 1. The van der Waals surface area contributed by atoms with Gasteiger partial charge in [-0.15, -0.1) is 0 Å². The lowest BCUT2D eigenvalue weighted by Gasteiger charge is -2.15. The Morgan fingerprint density at radius 2 is 1.88 bits per heavy atom. The lowest BCUT2D eigenvalue weighted by atomic mass is 10.1. The molecule has 0 unspecified atom stereocenters. The molecule has 3 aromatic rings. The van der Waals surface area contributed by atoms with Crippen LogP contribution in [0.5, 0.6) is 0 Å². The number of carbonyl (C=O) groups is 2. The Hall–Kier alpha value is -3.41. The van der Waals surface area contributed by atoms with Gasteiger partial charge in [-0.05, 0) is 43.7 Å². The lowest BCUT2D eigenvalue weighted by Crippen LogP contribution is -2.21. The molecule has 6 nitrogen and oxygen atoms in total. The van der Waals surface area contributed by atoms with E-state index in [1.807, 2.05) is 25.1 Å². The third-order valence-electron chi connectivity index (χ3n) is 3.91. The molecule has 2 aromatic carbocycles. The summed E-state index contributed by atoms with van der Waals surface area (Å²) in [5, 5.41) is 14.9. The first-order valence-electron chi connectivity index (χ1n) is 8.14. The summed E-state index contributed by atoms with van der Waals surface area (Å²) in [5.41, 5.74) is 3.35. The highest BCUT2D eigenvalue weighted by molar-refractivity contribution is 6.06. The van der Waals surface area contributed by atoms with Crippen LogP contribution in [0.1, 0.15) is 33.2 Å². The van der Waals surface area contributed by atoms with Crippen molar-refractivity contribution in [3.8, 4) is 0 Å². The van der Waals surface area contributed by atoms with Gasteiger partial charge in [0.15, 0.2) is 0 Å². The molecule has 6 heteroatoms. The molecule has 0 bridgehead atoms. The van der Waals surface area contributed by atoms with Crippen LogP contribution in [0.25, 0.3) is 10.9 Å². The second-order valence-corrected chi connectivity index (χ2v) is 5.78. The fourth-order valence-corrected chi connectivity index (χ4v) is 2.64. The minimum atomic E-state index is -1.24. The Morgan fingerprint density at radius 1 is 1.15 bits per heavy atom. The third kappa shape index (κ3) is 3.49. The molecule has 0 aliphatic carbocycles. The van der Waals surface area contributed by atoms with E-state index in [4.69, 9.17) is 4.74 Å². The third-order valence-corrected chi connectivity index (χ3v) is 3.91. The Bertz CT molecular complexity index is 981. The molecule has 0 saturated carbocycles. The summed E-state index contributed by atoms with van der Waals surface area (Å²) in [4.78, 5) is 27.6. The number of hydrogen-bond donors (Lipinski definition) is 1. The standard InChI is InChI=1S/C20H18N2O4/c1-3-26-20(25)16-11-21-17-9-4-12(2)10-15(17)18(16)22-14-7-5-13(6-8-14)19(23)24/h4-11H,3H2,1-2H3,(H,21,22)(H,23,24)/p-1. The zero-order valence-corrected chi connectivity index (χ0v) is 14.4. The normalized spacial score (nSPS) is 10.5. The highest BCUT2D eigenvalue weighted by atomic mass is 16.5. The fourth-order valence-electron chi connectivity index (χ4n) is 2.64. The molecule has 3 rings (SSSR count). The van der Waals surface area contributed by atoms with E-state index in [1.165, 1.54) is 18.3 Å². The summed E-state index contributed by atoms with van der Waals surface area (Å²) in [5.74, 6) is -1.72. The summed E-state index contributed by atoms with van der Waals surface area (Å²) in [6, 6.07) is 11.9. The highest BCUT2D eigenvalue weighted by Crippen LogP contribution is 2.30. The number of carboxylic acids is 1. The molecule has 132 valence electrons. The molecule has 0 aliphatic heterocycles. The van der Waals surface area contributed by atoms with Crippen molar-refractivity contribution < 1.29 is 19.4 Å². The van der Waals surface area contributed by atoms with Crippen molar-refractivity contribution in [3.05, 3.63) is 65.4 Å². The average Bonchev–Trinajstić information content (AvgIpc) is 2.62. The number of aromatic carboxylic acids is 1. The first-order valence-corrected chi connectivity index (χ1v) is 8.14. The van der Waals surface area contributed by atoms with E-state index in [0.717, 1.165) is 16.5 Å². The number of benzene rings is 2. The largest absolute Gasteiger partial charge is 0.545 e. The van der Waals surface area contributed by atoms with Crippen molar-refractivity contribution in [2.75, 3.05) is 11.9 Å². The average molecular weight is 349 g/mol. The number of hydrogen-bond acceptors (Lipinski definition) is 6. The van der Waals surface area contributed by atoms with Gasteiger partial charge in [-0.25, -0.2) is 4.79 Å². The van der Waals surface area contributed by atoms with Gasteiger partial charge < -0.3 is 20.0 Å². The van der Waals surface area contributed by atoms with Gasteiger partial charge in [-0.1, -0.05) is 23.8 Å². The maximum Gasteiger partial charge on any atom is 0.341 e. The minimum Gasteiger partial charge on any atom is -0.545 e. The van der Waals surface area contributed by atoms with Gasteiger partial charge >= 0.3 is 5.97 Å². The molecule has 1 N–H and O–H groups in total. The predicted octanol–water partition coefficient (Wildman–Crippen LogP) is 2.83.